The number of sulfonamides is 1. The van der Waals surface area contributed by atoms with Crippen molar-refractivity contribution in [1.29, 1.82) is 0 Å². The molecule has 1 saturated heterocycles. The number of fused-ring (bicyclic) bond motifs is 1. The van der Waals surface area contributed by atoms with Gasteiger partial charge in [-0.05, 0) is 49.9 Å². The number of amides is 1. The largest absolute Gasteiger partial charge is 0.323 e. The Morgan fingerprint density at radius 2 is 2.24 bits per heavy atom. The molecule has 0 saturated carbocycles. The lowest BCUT2D eigenvalue weighted by Gasteiger charge is -2.31. The minimum absolute atomic E-state index is 0.0226. The zero-order chi connectivity index (χ0) is 18.0. The van der Waals surface area contributed by atoms with Crippen molar-refractivity contribution in [2.24, 2.45) is 5.92 Å². The van der Waals surface area contributed by atoms with Crippen LogP contribution in [0.15, 0.2) is 12.1 Å². The molecule has 1 aromatic rings. The average Bonchev–Trinajstić information content (AvgIpc) is 2.64. The van der Waals surface area contributed by atoms with Crippen molar-refractivity contribution >= 4 is 21.6 Å². The Morgan fingerprint density at radius 1 is 1.44 bits per heavy atom. The SMILES string of the molecule is CCS(=O)(=O)N1CCCC(C(=O)Nc2ccc3c(c2F)CCNC3)C1. The molecule has 1 unspecified atom stereocenters. The van der Waals surface area contributed by atoms with Crippen LogP contribution in [0.3, 0.4) is 0 Å². The number of halogens is 1. The van der Waals surface area contributed by atoms with Gasteiger partial charge in [-0.3, -0.25) is 4.79 Å². The van der Waals surface area contributed by atoms with Gasteiger partial charge in [-0.2, -0.15) is 0 Å². The Kier molecular flexibility index (Phi) is 5.41. The molecule has 0 radical (unpaired) electrons. The molecule has 138 valence electrons. The lowest BCUT2D eigenvalue weighted by atomic mass is 9.97. The van der Waals surface area contributed by atoms with Crippen molar-refractivity contribution < 1.29 is 17.6 Å². The number of piperidine rings is 1. The molecule has 1 atom stereocenters. The fraction of sp³-hybridized carbons (Fsp3) is 0.588. The smallest absolute Gasteiger partial charge is 0.228 e. The van der Waals surface area contributed by atoms with E-state index in [0.717, 1.165) is 5.56 Å². The molecule has 1 aromatic carbocycles. The molecule has 1 amide bonds. The topological polar surface area (TPSA) is 78.5 Å². The van der Waals surface area contributed by atoms with Crippen molar-refractivity contribution in [3.63, 3.8) is 0 Å². The zero-order valence-corrected chi connectivity index (χ0v) is 15.2. The van der Waals surface area contributed by atoms with Gasteiger partial charge in [-0.1, -0.05) is 6.07 Å². The number of rotatable bonds is 4. The third-order valence-electron chi connectivity index (χ3n) is 4.98. The Bertz CT molecular complexity index is 767. The number of hydrogen-bond donors (Lipinski definition) is 2. The van der Waals surface area contributed by atoms with E-state index in [1.165, 1.54) is 4.31 Å². The van der Waals surface area contributed by atoms with E-state index < -0.39 is 15.9 Å². The molecule has 2 heterocycles. The number of benzene rings is 1. The molecule has 0 aromatic heterocycles. The van der Waals surface area contributed by atoms with E-state index in [-0.39, 0.29) is 29.7 Å². The summed E-state index contributed by atoms with van der Waals surface area (Å²) in [5.41, 5.74) is 1.75. The third kappa shape index (κ3) is 3.86. The molecule has 0 bridgehead atoms. The van der Waals surface area contributed by atoms with E-state index in [1.807, 2.05) is 6.07 Å². The fourth-order valence-electron chi connectivity index (χ4n) is 3.46. The Labute approximate surface area is 147 Å². The van der Waals surface area contributed by atoms with Gasteiger partial charge in [0.1, 0.15) is 5.82 Å². The molecule has 6 nitrogen and oxygen atoms in total. The van der Waals surface area contributed by atoms with Crippen LogP contribution < -0.4 is 10.6 Å². The van der Waals surface area contributed by atoms with Crippen LogP contribution in [0.25, 0.3) is 0 Å². The summed E-state index contributed by atoms with van der Waals surface area (Å²) in [5, 5.41) is 5.85. The Morgan fingerprint density at radius 3 is 3.00 bits per heavy atom. The van der Waals surface area contributed by atoms with E-state index in [1.54, 1.807) is 13.0 Å². The second kappa shape index (κ2) is 7.39. The monoisotopic (exact) mass is 369 g/mol. The number of carbonyl (C=O) groups is 1. The Hall–Kier alpha value is -1.51. The second-order valence-electron chi connectivity index (χ2n) is 6.58. The quantitative estimate of drug-likeness (QED) is 0.843. The van der Waals surface area contributed by atoms with Gasteiger partial charge in [-0.15, -0.1) is 0 Å². The first kappa shape index (κ1) is 18.3. The molecule has 25 heavy (non-hydrogen) atoms. The van der Waals surface area contributed by atoms with Gasteiger partial charge < -0.3 is 10.6 Å². The van der Waals surface area contributed by atoms with Crippen LogP contribution in [-0.4, -0.2) is 44.0 Å². The van der Waals surface area contributed by atoms with Crippen LogP contribution in [0.1, 0.15) is 30.9 Å². The normalized spacial score (nSPS) is 21.6. The Balaban J connectivity index is 1.72. The highest BCUT2D eigenvalue weighted by Crippen LogP contribution is 2.26. The summed E-state index contributed by atoms with van der Waals surface area (Å²) in [6.45, 7) is 3.55. The van der Waals surface area contributed by atoms with Gasteiger partial charge in [0, 0.05) is 19.6 Å². The van der Waals surface area contributed by atoms with Crippen LogP contribution in [0, 0.1) is 11.7 Å². The maximum atomic E-state index is 14.7. The van der Waals surface area contributed by atoms with Gasteiger partial charge >= 0.3 is 0 Å². The summed E-state index contributed by atoms with van der Waals surface area (Å²) in [4.78, 5) is 12.5. The van der Waals surface area contributed by atoms with Crippen molar-refractivity contribution in [3.05, 3.63) is 29.1 Å². The highest BCUT2D eigenvalue weighted by Gasteiger charge is 2.32. The molecule has 0 aliphatic carbocycles. The summed E-state index contributed by atoms with van der Waals surface area (Å²) in [6.07, 6.45) is 1.84. The molecule has 1 fully saturated rings. The molecule has 3 rings (SSSR count). The van der Waals surface area contributed by atoms with Gasteiger partial charge in [0.25, 0.3) is 0 Å². The molecular weight excluding hydrogens is 345 g/mol. The molecule has 8 heteroatoms. The van der Waals surface area contributed by atoms with Crippen LogP contribution >= 0.6 is 0 Å². The molecule has 2 aliphatic rings. The number of nitrogens with zero attached hydrogens (tertiary/aromatic N) is 1. The van der Waals surface area contributed by atoms with Crippen LogP contribution in [0.2, 0.25) is 0 Å². The number of anilines is 1. The van der Waals surface area contributed by atoms with E-state index >= 15 is 0 Å². The van der Waals surface area contributed by atoms with Crippen molar-refractivity contribution in [3.8, 4) is 0 Å². The average molecular weight is 369 g/mol. The summed E-state index contributed by atoms with van der Waals surface area (Å²) in [6, 6.07) is 3.41. The van der Waals surface area contributed by atoms with E-state index in [4.69, 9.17) is 0 Å². The molecule has 2 aliphatic heterocycles. The highest BCUT2D eigenvalue weighted by atomic mass is 32.2. The summed E-state index contributed by atoms with van der Waals surface area (Å²) in [5.74, 6) is -1.12. The lowest BCUT2D eigenvalue weighted by Crippen LogP contribution is -2.44. The summed E-state index contributed by atoms with van der Waals surface area (Å²) in [7, 11) is -3.31. The van der Waals surface area contributed by atoms with Gasteiger partial charge in [0.05, 0.1) is 17.4 Å². The zero-order valence-electron chi connectivity index (χ0n) is 14.3. The highest BCUT2D eigenvalue weighted by molar-refractivity contribution is 7.89. The van der Waals surface area contributed by atoms with Crippen molar-refractivity contribution in [2.75, 3.05) is 30.7 Å². The summed E-state index contributed by atoms with van der Waals surface area (Å²) < 4.78 is 40.1. The predicted molar refractivity (Wildman–Crippen MR) is 94.2 cm³/mol. The second-order valence-corrected chi connectivity index (χ2v) is 8.84. The number of hydrogen-bond acceptors (Lipinski definition) is 4. The standard InChI is InChI=1S/C17H24FN3O3S/c1-2-25(23,24)21-9-3-4-13(11-21)17(22)20-15-6-5-12-10-19-8-7-14(12)16(15)18/h5-6,13,19H,2-4,7-11H2,1H3,(H,20,22). The molecule has 0 spiro atoms. The predicted octanol–water partition coefficient (Wildman–Crippen LogP) is 1.47. The lowest BCUT2D eigenvalue weighted by molar-refractivity contribution is -0.120. The van der Waals surface area contributed by atoms with Crippen LogP contribution in [0.5, 0.6) is 0 Å². The molecular formula is C17H24FN3O3S. The minimum Gasteiger partial charge on any atom is -0.323 e. The first-order valence-electron chi connectivity index (χ1n) is 8.72. The minimum atomic E-state index is -3.31. The van der Waals surface area contributed by atoms with Gasteiger partial charge in [0.2, 0.25) is 15.9 Å². The van der Waals surface area contributed by atoms with Crippen molar-refractivity contribution in [1.82, 2.24) is 9.62 Å². The van der Waals surface area contributed by atoms with Gasteiger partial charge in [0.15, 0.2) is 0 Å². The van der Waals surface area contributed by atoms with E-state index in [2.05, 4.69) is 10.6 Å². The number of carbonyl (C=O) groups excluding carboxylic acids is 1. The van der Waals surface area contributed by atoms with E-state index in [0.29, 0.717) is 44.5 Å². The molecule has 2 N–H and O–H groups in total. The fourth-order valence-corrected chi connectivity index (χ4v) is 4.64. The first-order chi connectivity index (χ1) is 11.9. The van der Waals surface area contributed by atoms with E-state index in [9.17, 15) is 17.6 Å². The van der Waals surface area contributed by atoms with Crippen LogP contribution in [0.4, 0.5) is 10.1 Å². The third-order valence-corrected chi connectivity index (χ3v) is 6.83. The summed E-state index contributed by atoms with van der Waals surface area (Å²) >= 11 is 0. The van der Waals surface area contributed by atoms with Crippen LogP contribution in [-0.2, 0) is 27.8 Å². The number of nitrogens with one attached hydrogen (secondary N) is 2. The maximum absolute atomic E-state index is 14.7. The first-order valence-corrected chi connectivity index (χ1v) is 10.3. The van der Waals surface area contributed by atoms with Crippen molar-refractivity contribution in [2.45, 2.75) is 32.7 Å². The maximum Gasteiger partial charge on any atom is 0.228 e. The van der Waals surface area contributed by atoms with Gasteiger partial charge in [-0.25, -0.2) is 17.1 Å².